The number of nitrogens with zero attached hydrogens (tertiary/aromatic N) is 3. The molecule has 2 heterocycles. The van der Waals surface area contributed by atoms with Crippen LogP contribution < -0.4 is 5.14 Å². The topological polar surface area (TPSA) is 104 Å². The van der Waals surface area contributed by atoms with Gasteiger partial charge in [-0.3, -0.25) is 4.57 Å². The molecule has 7 nitrogen and oxygen atoms in total. The number of aromatic nitrogens is 3. The van der Waals surface area contributed by atoms with Crippen LogP contribution in [0.5, 0.6) is 0 Å². The molecule has 0 saturated carbocycles. The molecule has 0 aliphatic heterocycles. The molecule has 0 aliphatic rings. The Morgan fingerprint density at radius 2 is 2.05 bits per heavy atom. The van der Waals surface area contributed by atoms with E-state index >= 15 is 0 Å². The lowest BCUT2D eigenvalue weighted by Crippen LogP contribution is -2.19. The van der Waals surface area contributed by atoms with Crippen molar-refractivity contribution < 1.29 is 12.8 Å². The molecular weight excluding hydrogens is 292 g/mol. The van der Waals surface area contributed by atoms with Crippen molar-refractivity contribution in [1.29, 1.82) is 0 Å². The van der Waals surface area contributed by atoms with Gasteiger partial charge >= 0.3 is 0 Å². The maximum absolute atomic E-state index is 11.6. The molecule has 2 N–H and O–H groups in total. The predicted octanol–water partition coefficient (Wildman–Crippen LogP) is 1.75. The van der Waals surface area contributed by atoms with Gasteiger partial charge in [-0.15, -0.1) is 10.2 Å². The summed E-state index contributed by atoms with van der Waals surface area (Å²) in [5, 5.41) is 13.5. The number of hydrogen-bond acceptors (Lipinski definition) is 5. The average Bonchev–Trinajstić information content (AvgIpc) is 3.01. The summed E-state index contributed by atoms with van der Waals surface area (Å²) in [7, 11) is -3.93. The summed E-state index contributed by atoms with van der Waals surface area (Å²) in [4.78, 5) is 0. The molecule has 0 saturated heterocycles. The normalized spacial score (nSPS) is 12.1. The maximum Gasteiger partial charge on any atom is 0.273 e. The average molecular weight is 306 g/mol. The van der Waals surface area contributed by atoms with E-state index in [-0.39, 0.29) is 5.16 Å². The van der Waals surface area contributed by atoms with Crippen molar-refractivity contribution >= 4 is 21.0 Å². The second-order valence-electron chi connectivity index (χ2n) is 4.65. The summed E-state index contributed by atoms with van der Waals surface area (Å²) < 4.78 is 30.3. The van der Waals surface area contributed by atoms with Crippen LogP contribution >= 0.6 is 0 Å². The van der Waals surface area contributed by atoms with Crippen LogP contribution in [-0.2, 0) is 16.6 Å². The summed E-state index contributed by atoms with van der Waals surface area (Å²) in [5.74, 6) is 0.823. The molecule has 21 heavy (non-hydrogen) atoms. The number of para-hydroxylation sites is 1. The summed E-state index contributed by atoms with van der Waals surface area (Å²) >= 11 is 0. The fourth-order valence-corrected chi connectivity index (χ4v) is 2.84. The zero-order valence-electron chi connectivity index (χ0n) is 11.4. The standard InChI is InChI=1S/C13H14N4O3S/c1-2-7-17-12(15-16-13(17)21(14,18)19)11-8-9-5-3-4-6-10(9)20-11/h3-6,8H,2,7H2,1H3,(H2,14,18,19). The number of sulfonamides is 1. The van der Waals surface area contributed by atoms with E-state index in [1.54, 1.807) is 6.07 Å². The van der Waals surface area contributed by atoms with Gasteiger partial charge in [-0.05, 0) is 18.6 Å². The van der Waals surface area contributed by atoms with Crippen LogP contribution in [-0.4, -0.2) is 23.2 Å². The van der Waals surface area contributed by atoms with Crippen molar-refractivity contribution in [2.24, 2.45) is 5.14 Å². The third-order valence-corrected chi connectivity index (χ3v) is 3.88. The fraction of sp³-hybridized carbons (Fsp3) is 0.231. The molecule has 0 unspecified atom stereocenters. The summed E-state index contributed by atoms with van der Waals surface area (Å²) in [6.45, 7) is 2.36. The first-order chi connectivity index (χ1) is 10.0. The molecule has 0 bridgehead atoms. The first-order valence-corrected chi connectivity index (χ1v) is 8.00. The lowest BCUT2D eigenvalue weighted by molar-refractivity contribution is 0.553. The second kappa shape index (κ2) is 4.97. The molecule has 0 atom stereocenters. The fourth-order valence-electron chi connectivity index (χ4n) is 2.20. The number of fused-ring (bicyclic) bond motifs is 1. The van der Waals surface area contributed by atoms with Crippen molar-refractivity contribution in [3.05, 3.63) is 30.3 Å². The monoisotopic (exact) mass is 306 g/mol. The number of nitrogens with two attached hydrogens (primary N) is 1. The van der Waals surface area contributed by atoms with Crippen molar-refractivity contribution in [2.75, 3.05) is 0 Å². The van der Waals surface area contributed by atoms with Crippen molar-refractivity contribution in [2.45, 2.75) is 25.0 Å². The van der Waals surface area contributed by atoms with Crippen molar-refractivity contribution in [3.63, 3.8) is 0 Å². The minimum absolute atomic E-state index is 0.250. The highest BCUT2D eigenvalue weighted by molar-refractivity contribution is 7.89. The number of primary sulfonamides is 1. The Bertz CT molecular complexity index is 862. The van der Waals surface area contributed by atoms with E-state index in [0.717, 1.165) is 5.39 Å². The van der Waals surface area contributed by atoms with E-state index in [4.69, 9.17) is 9.56 Å². The van der Waals surface area contributed by atoms with Gasteiger partial charge in [0.2, 0.25) is 5.82 Å². The van der Waals surface area contributed by atoms with E-state index < -0.39 is 10.0 Å². The van der Waals surface area contributed by atoms with Crippen LogP contribution in [0.2, 0.25) is 0 Å². The molecule has 0 spiro atoms. The predicted molar refractivity (Wildman–Crippen MR) is 76.9 cm³/mol. The highest BCUT2D eigenvalue weighted by atomic mass is 32.2. The van der Waals surface area contributed by atoms with Crippen LogP contribution in [0.3, 0.4) is 0 Å². The molecule has 3 aromatic rings. The highest BCUT2D eigenvalue weighted by Gasteiger charge is 2.23. The molecule has 110 valence electrons. The second-order valence-corrected chi connectivity index (χ2v) is 6.11. The summed E-state index contributed by atoms with van der Waals surface area (Å²) in [6.07, 6.45) is 0.716. The Labute approximate surface area is 121 Å². The molecule has 0 aliphatic carbocycles. The Balaban J connectivity index is 2.20. The van der Waals surface area contributed by atoms with E-state index in [1.807, 2.05) is 31.2 Å². The maximum atomic E-state index is 11.6. The van der Waals surface area contributed by atoms with Gasteiger partial charge in [0.1, 0.15) is 5.58 Å². The van der Waals surface area contributed by atoms with E-state index in [0.29, 0.717) is 30.1 Å². The Morgan fingerprint density at radius 1 is 1.29 bits per heavy atom. The van der Waals surface area contributed by atoms with Crippen LogP contribution in [0.15, 0.2) is 39.9 Å². The zero-order chi connectivity index (χ0) is 15.0. The van der Waals surface area contributed by atoms with E-state index in [1.165, 1.54) is 4.57 Å². The largest absolute Gasteiger partial charge is 0.453 e. The van der Waals surface area contributed by atoms with Gasteiger partial charge in [-0.2, -0.15) is 0 Å². The van der Waals surface area contributed by atoms with Crippen molar-refractivity contribution in [1.82, 2.24) is 14.8 Å². The number of furan rings is 1. The van der Waals surface area contributed by atoms with Crippen LogP contribution in [0.25, 0.3) is 22.6 Å². The highest BCUT2D eigenvalue weighted by Crippen LogP contribution is 2.27. The van der Waals surface area contributed by atoms with E-state index in [9.17, 15) is 8.42 Å². The summed E-state index contributed by atoms with van der Waals surface area (Å²) in [6, 6.07) is 9.30. The van der Waals surface area contributed by atoms with Crippen molar-refractivity contribution in [3.8, 4) is 11.6 Å². The van der Waals surface area contributed by atoms with Gasteiger partial charge in [-0.1, -0.05) is 25.1 Å². The number of rotatable bonds is 4. The minimum atomic E-state index is -3.93. The quantitative estimate of drug-likeness (QED) is 0.790. The molecule has 0 fully saturated rings. The molecule has 3 rings (SSSR count). The van der Waals surface area contributed by atoms with E-state index in [2.05, 4.69) is 10.2 Å². The van der Waals surface area contributed by atoms with Crippen LogP contribution in [0.4, 0.5) is 0 Å². The van der Waals surface area contributed by atoms with Gasteiger partial charge in [0.15, 0.2) is 5.76 Å². The molecule has 0 amide bonds. The lowest BCUT2D eigenvalue weighted by atomic mass is 10.2. The number of hydrogen-bond donors (Lipinski definition) is 1. The summed E-state index contributed by atoms with van der Waals surface area (Å²) in [5.41, 5.74) is 0.704. The van der Waals surface area contributed by atoms with Gasteiger partial charge in [0.25, 0.3) is 15.2 Å². The lowest BCUT2D eigenvalue weighted by Gasteiger charge is -2.05. The minimum Gasteiger partial charge on any atom is -0.453 e. The Morgan fingerprint density at radius 3 is 2.71 bits per heavy atom. The molecular formula is C13H14N4O3S. The Hall–Kier alpha value is -2.19. The van der Waals surface area contributed by atoms with Gasteiger partial charge in [-0.25, -0.2) is 13.6 Å². The zero-order valence-corrected chi connectivity index (χ0v) is 12.2. The van der Waals surface area contributed by atoms with Gasteiger partial charge in [0, 0.05) is 11.9 Å². The molecule has 1 aromatic carbocycles. The first kappa shape index (κ1) is 13.8. The van der Waals surface area contributed by atoms with Crippen LogP contribution in [0, 0.1) is 0 Å². The third-order valence-electron chi connectivity index (χ3n) is 3.06. The number of benzene rings is 1. The smallest absolute Gasteiger partial charge is 0.273 e. The van der Waals surface area contributed by atoms with Crippen LogP contribution in [0.1, 0.15) is 13.3 Å². The van der Waals surface area contributed by atoms with Gasteiger partial charge < -0.3 is 4.42 Å². The molecule has 2 aromatic heterocycles. The molecule has 8 heteroatoms. The Kier molecular flexibility index (Phi) is 3.26. The molecule has 0 radical (unpaired) electrons. The van der Waals surface area contributed by atoms with Gasteiger partial charge in [0.05, 0.1) is 0 Å². The third kappa shape index (κ3) is 2.43. The first-order valence-electron chi connectivity index (χ1n) is 6.45. The SMILES string of the molecule is CCCn1c(-c2cc3ccccc3o2)nnc1S(N)(=O)=O.